The summed E-state index contributed by atoms with van der Waals surface area (Å²) in [4.78, 5) is 28.9. The van der Waals surface area contributed by atoms with E-state index in [1.807, 2.05) is 31.2 Å². The quantitative estimate of drug-likeness (QED) is 0.846. The number of carboxylic acids is 1. The molecule has 2 aromatic carbocycles. The highest BCUT2D eigenvalue weighted by Gasteiger charge is 2.11. The lowest BCUT2D eigenvalue weighted by molar-refractivity contribution is -0.191. The summed E-state index contributed by atoms with van der Waals surface area (Å²) in [5.74, 6) is -0.927. The Labute approximate surface area is 125 Å². The third kappa shape index (κ3) is 4.80. The number of anilines is 1. The Morgan fingerprint density at radius 2 is 1.76 bits per heavy atom. The predicted molar refractivity (Wildman–Crippen MR) is 78.1 cm³/mol. The molecule has 0 bridgehead atoms. The number of aromatic carboxylic acids is 1. The molecule has 0 unspecified atom stereocenters. The third-order valence-electron chi connectivity index (χ3n) is 2.50. The highest BCUT2D eigenvalue weighted by molar-refractivity contribution is 7.99. The van der Waals surface area contributed by atoms with E-state index in [4.69, 9.17) is 20.4 Å². The zero-order valence-electron chi connectivity index (χ0n) is 11.2. The largest absolute Gasteiger partial charge is 0.478 e. The van der Waals surface area contributed by atoms with E-state index in [9.17, 15) is 4.79 Å². The Hall–Kier alpha value is -2.56. The van der Waals surface area contributed by atoms with Gasteiger partial charge < -0.3 is 10.8 Å². The van der Waals surface area contributed by atoms with Crippen molar-refractivity contribution >= 4 is 29.6 Å². The van der Waals surface area contributed by atoms with Crippen molar-refractivity contribution in [1.82, 2.24) is 0 Å². The Balaban J connectivity index is 0.000000677. The number of benzene rings is 2. The molecule has 108 valence electrons. The first-order valence-electron chi connectivity index (χ1n) is 5.85. The highest BCUT2D eigenvalue weighted by atomic mass is 32.2. The summed E-state index contributed by atoms with van der Waals surface area (Å²) in [6.07, 6.45) is 0.250. The fourth-order valence-electron chi connectivity index (χ4n) is 1.61. The summed E-state index contributed by atoms with van der Waals surface area (Å²) in [6, 6.07) is 12.7. The first kappa shape index (κ1) is 16.5. The number of aryl methyl sites for hydroxylation is 1. The van der Waals surface area contributed by atoms with Crippen LogP contribution in [0.15, 0.2) is 52.3 Å². The number of carboxylic acid groups (broad SMARTS) is 1. The Morgan fingerprint density at radius 1 is 1.14 bits per heavy atom. The number of nitrogen functional groups attached to an aromatic ring is 1. The van der Waals surface area contributed by atoms with Gasteiger partial charge in [0.2, 0.25) is 0 Å². The van der Waals surface area contributed by atoms with Gasteiger partial charge in [-0.2, -0.15) is 9.59 Å². The number of hydrogen-bond acceptors (Lipinski definition) is 5. The predicted octanol–water partition coefficient (Wildman–Crippen LogP) is 2.84. The van der Waals surface area contributed by atoms with Crippen molar-refractivity contribution in [3.05, 3.63) is 53.6 Å². The van der Waals surface area contributed by atoms with Crippen LogP contribution in [0.2, 0.25) is 0 Å². The van der Waals surface area contributed by atoms with Gasteiger partial charge in [0, 0.05) is 15.5 Å². The van der Waals surface area contributed by atoms with E-state index >= 15 is 0 Å². The molecule has 0 aliphatic carbocycles. The smallest absolute Gasteiger partial charge is 0.373 e. The van der Waals surface area contributed by atoms with Gasteiger partial charge >= 0.3 is 12.1 Å². The number of carbonyl (C=O) groups excluding carboxylic acids is 2. The third-order valence-corrected chi connectivity index (χ3v) is 3.67. The second kappa shape index (κ2) is 7.89. The van der Waals surface area contributed by atoms with Crippen molar-refractivity contribution in [2.75, 3.05) is 5.73 Å². The molecule has 0 fully saturated rings. The molecule has 0 spiro atoms. The molecule has 0 aliphatic heterocycles. The van der Waals surface area contributed by atoms with Gasteiger partial charge in [-0.15, -0.1) is 0 Å². The maximum Gasteiger partial charge on any atom is 0.373 e. The minimum Gasteiger partial charge on any atom is -0.478 e. The molecule has 5 nitrogen and oxygen atoms in total. The normalized spacial score (nSPS) is 9.19. The topological polar surface area (TPSA) is 97.5 Å². The SMILES string of the molecule is Cc1ccc(Sc2ccccc2C(=O)O)c(N)c1.O=C=O. The molecule has 0 atom stereocenters. The van der Waals surface area contributed by atoms with Gasteiger partial charge in [0.05, 0.1) is 5.56 Å². The van der Waals surface area contributed by atoms with Crippen LogP contribution < -0.4 is 5.73 Å². The van der Waals surface area contributed by atoms with Crippen LogP contribution in [0, 0.1) is 6.92 Å². The van der Waals surface area contributed by atoms with Gasteiger partial charge in [-0.3, -0.25) is 0 Å². The molecule has 21 heavy (non-hydrogen) atoms. The van der Waals surface area contributed by atoms with Gasteiger partial charge in [0.25, 0.3) is 0 Å². The summed E-state index contributed by atoms with van der Waals surface area (Å²) in [7, 11) is 0. The maximum absolute atomic E-state index is 11.1. The molecule has 0 aromatic heterocycles. The fourth-order valence-corrected chi connectivity index (χ4v) is 2.57. The fraction of sp³-hybridized carbons (Fsp3) is 0.0667. The lowest BCUT2D eigenvalue weighted by atomic mass is 10.2. The van der Waals surface area contributed by atoms with Gasteiger partial charge in [0.15, 0.2) is 0 Å². The van der Waals surface area contributed by atoms with Crippen LogP contribution in [0.1, 0.15) is 15.9 Å². The van der Waals surface area contributed by atoms with Crippen LogP contribution in [0.4, 0.5) is 5.69 Å². The zero-order valence-corrected chi connectivity index (χ0v) is 12.0. The molecule has 0 saturated carbocycles. The van der Waals surface area contributed by atoms with Crippen molar-refractivity contribution in [3.63, 3.8) is 0 Å². The van der Waals surface area contributed by atoms with E-state index < -0.39 is 5.97 Å². The molecule has 0 heterocycles. The van der Waals surface area contributed by atoms with Crippen LogP contribution in [0.5, 0.6) is 0 Å². The molecule has 0 radical (unpaired) electrons. The van der Waals surface area contributed by atoms with Gasteiger partial charge in [-0.25, -0.2) is 4.79 Å². The number of rotatable bonds is 3. The van der Waals surface area contributed by atoms with Crippen LogP contribution in [-0.2, 0) is 9.59 Å². The molecule has 3 N–H and O–H groups in total. The standard InChI is InChI=1S/C14H13NO2S.CO2/c1-9-6-7-13(11(15)8-9)18-12-5-3-2-4-10(12)14(16)17;2-1-3/h2-8H,15H2,1H3,(H,16,17);. The molecule has 0 amide bonds. The number of nitrogens with two attached hydrogens (primary N) is 1. The van der Waals surface area contributed by atoms with Crippen molar-refractivity contribution in [2.24, 2.45) is 0 Å². The highest BCUT2D eigenvalue weighted by Crippen LogP contribution is 2.34. The second-order valence-electron chi connectivity index (χ2n) is 4.03. The molecular weight excluding hydrogens is 290 g/mol. The molecule has 2 rings (SSSR count). The second-order valence-corrected chi connectivity index (χ2v) is 5.11. The van der Waals surface area contributed by atoms with Crippen LogP contribution >= 0.6 is 11.8 Å². The van der Waals surface area contributed by atoms with Crippen molar-refractivity contribution in [3.8, 4) is 0 Å². The monoisotopic (exact) mass is 303 g/mol. The van der Waals surface area contributed by atoms with Crippen molar-refractivity contribution in [2.45, 2.75) is 16.7 Å². The molecule has 0 saturated heterocycles. The number of hydrogen-bond donors (Lipinski definition) is 2. The van der Waals surface area contributed by atoms with E-state index in [2.05, 4.69) is 0 Å². The zero-order chi connectivity index (χ0) is 15.8. The van der Waals surface area contributed by atoms with Crippen LogP contribution in [0.25, 0.3) is 0 Å². The minimum atomic E-state index is -0.927. The molecule has 0 aliphatic rings. The Bertz CT molecular complexity index is 679. The average molecular weight is 303 g/mol. The van der Waals surface area contributed by atoms with Crippen LogP contribution in [0.3, 0.4) is 0 Å². The summed E-state index contributed by atoms with van der Waals surface area (Å²) in [5, 5.41) is 9.11. The molecule has 6 heteroatoms. The van der Waals surface area contributed by atoms with Crippen molar-refractivity contribution < 1.29 is 19.5 Å². The van der Waals surface area contributed by atoms with Gasteiger partial charge in [-0.1, -0.05) is 30.0 Å². The van der Waals surface area contributed by atoms with E-state index in [1.54, 1.807) is 18.2 Å². The lowest BCUT2D eigenvalue weighted by Crippen LogP contribution is -1.98. The van der Waals surface area contributed by atoms with Gasteiger partial charge in [-0.05, 0) is 36.8 Å². The Morgan fingerprint density at radius 3 is 2.33 bits per heavy atom. The van der Waals surface area contributed by atoms with E-state index in [-0.39, 0.29) is 6.15 Å². The van der Waals surface area contributed by atoms with Crippen molar-refractivity contribution in [1.29, 1.82) is 0 Å². The summed E-state index contributed by atoms with van der Waals surface area (Å²) < 4.78 is 0. The van der Waals surface area contributed by atoms with Gasteiger partial charge in [0.1, 0.15) is 0 Å². The number of carbonyl (C=O) groups is 1. The summed E-state index contributed by atoms with van der Waals surface area (Å²) >= 11 is 1.37. The first-order chi connectivity index (χ1) is 9.99. The minimum absolute atomic E-state index is 0.250. The maximum atomic E-state index is 11.1. The summed E-state index contributed by atoms with van der Waals surface area (Å²) in [6.45, 7) is 1.97. The van der Waals surface area contributed by atoms with Crippen LogP contribution in [-0.4, -0.2) is 17.2 Å². The van der Waals surface area contributed by atoms with E-state index in [1.165, 1.54) is 11.8 Å². The molecular formula is C15H13NO4S. The lowest BCUT2D eigenvalue weighted by Gasteiger charge is -2.08. The summed E-state index contributed by atoms with van der Waals surface area (Å²) in [5.41, 5.74) is 7.97. The molecule has 2 aromatic rings. The van der Waals surface area contributed by atoms with E-state index in [0.717, 1.165) is 10.5 Å². The average Bonchev–Trinajstić information content (AvgIpc) is 2.43. The Kier molecular flexibility index (Phi) is 6.20. The first-order valence-corrected chi connectivity index (χ1v) is 6.66. The van der Waals surface area contributed by atoms with E-state index in [0.29, 0.717) is 16.1 Å².